The molecule has 0 saturated heterocycles. The summed E-state index contributed by atoms with van der Waals surface area (Å²) in [5, 5.41) is 17.3. The van der Waals surface area contributed by atoms with Crippen LogP contribution in [0.25, 0.3) is 0 Å². The molecule has 0 heterocycles. The fraction of sp³-hybridized carbons (Fsp3) is 0.100. The molecule has 0 fully saturated rings. The zero-order chi connectivity index (χ0) is 18.1. The van der Waals surface area contributed by atoms with E-state index in [1.807, 2.05) is 12.1 Å². The zero-order valence-electron chi connectivity index (χ0n) is 13.8. The van der Waals surface area contributed by atoms with E-state index < -0.39 is 15.6 Å². The van der Waals surface area contributed by atoms with Crippen molar-refractivity contribution in [1.29, 1.82) is 0 Å². The van der Waals surface area contributed by atoms with Gasteiger partial charge in [-0.2, -0.15) is 0 Å². The van der Waals surface area contributed by atoms with Crippen molar-refractivity contribution >= 4 is 10.0 Å². The Morgan fingerprint density at radius 1 is 0.800 bits per heavy atom. The number of aliphatic hydroxyl groups is 1. The van der Waals surface area contributed by atoms with Gasteiger partial charge in [0.1, 0.15) is 5.60 Å². The Balaban J connectivity index is 2.44. The number of rotatable bonds is 4. The van der Waals surface area contributed by atoms with Gasteiger partial charge in [0.2, 0.25) is 10.0 Å². The minimum absolute atomic E-state index is 0.0808. The van der Waals surface area contributed by atoms with Crippen molar-refractivity contribution in [2.75, 3.05) is 0 Å². The summed E-state index contributed by atoms with van der Waals surface area (Å²) in [4.78, 5) is -0.0808. The average Bonchev–Trinajstić information content (AvgIpc) is 2.61. The largest absolute Gasteiger partial charge is 0.376 e. The van der Waals surface area contributed by atoms with Gasteiger partial charge in [-0.3, -0.25) is 0 Å². The smallest absolute Gasteiger partial charge is 0.238 e. The fourth-order valence-electron chi connectivity index (χ4n) is 3.16. The lowest BCUT2D eigenvalue weighted by Crippen LogP contribution is -2.33. The van der Waals surface area contributed by atoms with Gasteiger partial charge in [0.25, 0.3) is 0 Å². The Morgan fingerprint density at radius 3 is 1.72 bits per heavy atom. The van der Waals surface area contributed by atoms with Crippen LogP contribution in [0.15, 0.2) is 83.8 Å². The van der Waals surface area contributed by atoms with Crippen LogP contribution in [0.2, 0.25) is 0 Å². The van der Waals surface area contributed by atoms with Crippen LogP contribution in [0.4, 0.5) is 0 Å². The topological polar surface area (TPSA) is 80.4 Å². The predicted octanol–water partition coefficient (Wildman–Crippen LogP) is 2.93. The third-order valence-electron chi connectivity index (χ3n) is 4.29. The standard InChI is InChI=1S/C20H19NO3S/c1-15-9-8-14-18(25(21,23)24)19(15)20(22,16-10-4-2-5-11-16)17-12-6-3-7-13-17/h2-14,22H,1H3,(H2,21,23,24). The molecule has 128 valence electrons. The molecule has 25 heavy (non-hydrogen) atoms. The first-order chi connectivity index (χ1) is 11.8. The Labute approximate surface area is 147 Å². The van der Waals surface area contributed by atoms with Crippen LogP contribution < -0.4 is 5.14 Å². The van der Waals surface area contributed by atoms with E-state index in [1.54, 1.807) is 67.6 Å². The van der Waals surface area contributed by atoms with E-state index in [0.717, 1.165) is 0 Å². The first-order valence-corrected chi connectivity index (χ1v) is 9.36. The van der Waals surface area contributed by atoms with Gasteiger partial charge in [0.15, 0.2) is 0 Å². The zero-order valence-corrected chi connectivity index (χ0v) is 14.6. The van der Waals surface area contributed by atoms with E-state index in [1.165, 1.54) is 6.07 Å². The molecule has 5 heteroatoms. The lowest BCUT2D eigenvalue weighted by Gasteiger charge is -2.32. The fourth-order valence-corrected chi connectivity index (χ4v) is 4.02. The number of nitrogens with two attached hydrogens (primary N) is 1. The molecule has 0 amide bonds. The van der Waals surface area contributed by atoms with Crippen molar-refractivity contribution in [2.45, 2.75) is 17.4 Å². The van der Waals surface area contributed by atoms with E-state index in [4.69, 9.17) is 5.14 Å². The molecule has 0 radical (unpaired) electrons. The maximum Gasteiger partial charge on any atom is 0.238 e. The normalized spacial score (nSPS) is 12.1. The first-order valence-electron chi connectivity index (χ1n) is 7.81. The second-order valence-electron chi connectivity index (χ2n) is 5.94. The average molecular weight is 353 g/mol. The lowest BCUT2D eigenvalue weighted by atomic mass is 9.78. The van der Waals surface area contributed by atoms with Crippen LogP contribution >= 0.6 is 0 Å². The summed E-state index contributed by atoms with van der Waals surface area (Å²) < 4.78 is 24.4. The molecule has 0 atom stereocenters. The van der Waals surface area contributed by atoms with E-state index in [-0.39, 0.29) is 10.5 Å². The highest BCUT2D eigenvalue weighted by atomic mass is 32.2. The number of benzene rings is 3. The Bertz CT molecular complexity index is 944. The number of aryl methyl sites for hydroxylation is 1. The van der Waals surface area contributed by atoms with E-state index in [2.05, 4.69) is 0 Å². The molecule has 0 aliphatic carbocycles. The van der Waals surface area contributed by atoms with E-state index in [0.29, 0.717) is 16.7 Å². The Kier molecular flexibility index (Phi) is 4.47. The second-order valence-corrected chi connectivity index (χ2v) is 7.47. The van der Waals surface area contributed by atoms with Crippen molar-refractivity contribution < 1.29 is 13.5 Å². The summed E-state index contributed by atoms with van der Waals surface area (Å²) in [5.41, 5.74) is 0.410. The van der Waals surface area contributed by atoms with Crippen LogP contribution in [0.1, 0.15) is 22.3 Å². The summed E-state index contributed by atoms with van der Waals surface area (Å²) in [7, 11) is -4.02. The van der Waals surface area contributed by atoms with Crippen LogP contribution in [-0.2, 0) is 15.6 Å². The van der Waals surface area contributed by atoms with Gasteiger partial charge >= 0.3 is 0 Å². The lowest BCUT2D eigenvalue weighted by molar-refractivity contribution is 0.122. The SMILES string of the molecule is Cc1cccc(S(N)(=O)=O)c1C(O)(c1ccccc1)c1ccccc1. The van der Waals surface area contributed by atoms with Crippen LogP contribution in [0.3, 0.4) is 0 Å². The van der Waals surface area contributed by atoms with Crippen molar-refractivity contribution in [1.82, 2.24) is 0 Å². The van der Waals surface area contributed by atoms with Crippen LogP contribution in [-0.4, -0.2) is 13.5 Å². The molecule has 0 aliphatic rings. The molecule has 0 bridgehead atoms. The molecule has 0 spiro atoms. The number of sulfonamides is 1. The number of hydrogen-bond acceptors (Lipinski definition) is 3. The third kappa shape index (κ3) is 3.09. The summed E-state index contributed by atoms with van der Waals surface area (Å²) in [6.45, 7) is 1.76. The highest BCUT2D eigenvalue weighted by molar-refractivity contribution is 7.89. The summed E-state index contributed by atoms with van der Waals surface area (Å²) in [5.74, 6) is 0. The molecule has 0 aliphatic heterocycles. The first kappa shape index (κ1) is 17.4. The Hall–Kier alpha value is -2.47. The minimum Gasteiger partial charge on any atom is -0.376 e. The molecule has 0 unspecified atom stereocenters. The number of hydrogen-bond donors (Lipinski definition) is 2. The van der Waals surface area contributed by atoms with Crippen LogP contribution in [0, 0.1) is 6.92 Å². The van der Waals surface area contributed by atoms with Gasteiger partial charge < -0.3 is 5.11 Å². The number of primary sulfonamides is 1. The summed E-state index contributed by atoms with van der Waals surface area (Å²) >= 11 is 0. The van der Waals surface area contributed by atoms with Crippen molar-refractivity contribution in [3.05, 3.63) is 101 Å². The van der Waals surface area contributed by atoms with Crippen LogP contribution in [0.5, 0.6) is 0 Å². The molecular formula is C20H19NO3S. The van der Waals surface area contributed by atoms with E-state index >= 15 is 0 Å². The third-order valence-corrected chi connectivity index (χ3v) is 5.24. The van der Waals surface area contributed by atoms with Gasteiger partial charge in [-0.05, 0) is 29.7 Å². The molecule has 3 aromatic carbocycles. The van der Waals surface area contributed by atoms with Gasteiger partial charge in [-0.1, -0.05) is 72.8 Å². The van der Waals surface area contributed by atoms with Gasteiger partial charge in [-0.25, -0.2) is 13.6 Å². The minimum atomic E-state index is -4.02. The van der Waals surface area contributed by atoms with E-state index in [9.17, 15) is 13.5 Å². The van der Waals surface area contributed by atoms with Crippen molar-refractivity contribution in [3.63, 3.8) is 0 Å². The quantitative estimate of drug-likeness (QED) is 0.708. The molecule has 3 N–H and O–H groups in total. The van der Waals surface area contributed by atoms with Crippen molar-refractivity contribution in [2.24, 2.45) is 5.14 Å². The highest BCUT2D eigenvalue weighted by Crippen LogP contribution is 2.41. The Morgan fingerprint density at radius 2 is 1.28 bits per heavy atom. The molecular weight excluding hydrogens is 334 g/mol. The van der Waals surface area contributed by atoms with Crippen molar-refractivity contribution in [3.8, 4) is 0 Å². The monoisotopic (exact) mass is 353 g/mol. The van der Waals surface area contributed by atoms with Gasteiger partial charge in [0.05, 0.1) is 4.90 Å². The maximum absolute atomic E-state index is 12.2. The predicted molar refractivity (Wildman–Crippen MR) is 97.5 cm³/mol. The maximum atomic E-state index is 12.2. The highest BCUT2D eigenvalue weighted by Gasteiger charge is 2.38. The summed E-state index contributed by atoms with van der Waals surface area (Å²) in [6, 6.07) is 22.8. The molecule has 4 nitrogen and oxygen atoms in total. The molecule has 0 saturated carbocycles. The summed E-state index contributed by atoms with van der Waals surface area (Å²) in [6.07, 6.45) is 0. The molecule has 0 aromatic heterocycles. The second kappa shape index (κ2) is 6.44. The molecule has 3 aromatic rings. The molecule has 3 rings (SSSR count). The van der Waals surface area contributed by atoms with Gasteiger partial charge in [-0.15, -0.1) is 0 Å². The van der Waals surface area contributed by atoms with Gasteiger partial charge in [0, 0.05) is 5.56 Å².